The van der Waals surface area contributed by atoms with Crippen molar-refractivity contribution in [2.24, 2.45) is 0 Å². The Bertz CT molecular complexity index is 115. The second-order valence-corrected chi connectivity index (χ2v) is 4.11. The number of hydrogen-bond acceptors (Lipinski definition) is 2. The van der Waals surface area contributed by atoms with E-state index in [-0.39, 0.29) is 11.1 Å². The van der Waals surface area contributed by atoms with Gasteiger partial charge < -0.3 is 5.21 Å². The highest BCUT2D eigenvalue weighted by molar-refractivity contribution is 5.01. The van der Waals surface area contributed by atoms with Crippen molar-refractivity contribution in [1.82, 2.24) is 5.06 Å². The Kier molecular flexibility index (Phi) is 1.17. The van der Waals surface area contributed by atoms with Gasteiger partial charge in [0.15, 0.2) is 0 Å². The van der Waals surface area contributed by atoms with Crippen LogP contribution in [0.1, 0.15) is 34.1 Å². The number of hydrogen-bond donors (Lipinski definition) is 1. The first-order valence-corrected chi connectivity index (χ1v) is 3.35. The first-order valence-electron chi connectivity index (χ1n) is 3.35. The Hall–Kier alpha value is -0.0800. The highest BCUT2D eigenvalue weighted by Gasteiger charge is 2.50. The van der Waals surface area contributed by atoms with Gasteiger partial charge in [-0.1, -0.05) is 0 Å². The Morgan fingerprint density at radius 2 is 1.44 bits per heavy atom. The van der Waals surface area contributed by atoms with Crippen LogP contribution in [0.15, 0.2) is 0 Å². The van der Waals surface area contributed by atoms with E-state index in [0.717, 1.165) is 6.42 Å². The molecule has 0 aromatic carbocycles. The fourth-order valence-electron chi connectivity index (χ4n) is 1.94. The fraction of sp³-hybridized carbons (Fsp3) is 1.00. The van der Waals surface area contributed by atoms with Crippen LogP contribution in [0.3, 0.4) is 0 Å². The molecule has 1 saturated heterocycles. The Morgan fingerprint density at radius 3 is 1.44 bits per heavy atom. The minimum atomic E-state index is 0.00347. The lowest BCUT2D eigenvalue weighted by Gasteiger charge is -2.56. The monoisotopic (exact) mass is 129 g/mol. The van der Waals surface area contributed by atoms with E-state index < -0.39 is 0 Å². The first kappa shape index (κ1) is 7.03. The van der Waals surface area contributed by atoms with Gasteiger partial charge in [-0.05, 0) is 34.1 Å². The molecule has 1 fully saturated rings. The van der Waals surface area contributed by atoms with Crippen molar-refractivity contribution in [2.75, 3.05) is 0 Å². The highest BCUT2D eigenvalue weighted by atomic mass is 16.5. The van der Waals surface area contributed by atoms with Crippen LogP contribution in [0.5, 0.6) is 0 Å². The maximum Gasteiger partial charge on any atom is 0.0428 e. The SMILES string of the molecule is CC1(C)CC(C)(C)N1O. The van der Waals surface area contributed by atoms with E-state index in [0.29, 0.717) is 0 Å². The maximum absolute atomic E-state index is 9.34. The minimum absolute atomic E-state index is 0.00347. The zero-order chi connectivity index (χ0) is 7.28. The lowest BCUT2D eigenvalue weighted by Crippen LogP contribution is -2.66. The summed E-state index contributed by atoms with van der Waals surface area (Å²) in [5.41, 5.74) is 0.00694. The largest absolute Gasteiger partial charge is 0.313 e. The molecule has 0 atom stereocenters. The molecule has 0 aromatic rings. The van der Waals surface area contributed by atoms with Crippen molar-refractivity contribution >= 4 is 0 Å². The zero-order valence-corrected chi connectivity index (χ0v) is 6.60. The molecular formula is C7H15NO. The highest BCUT2D eigenvalue weighted by Crippen LogP contribution is 2.41. The Labute approximate surface area is 56.4 Å². The number of nitrogens with zero attached hydrogens (tertiary/aromatic N) is 1. The van der Waals surface area contributed by atoms with Crippen molar-refractivity contribution in [2.45, 2.75) is 45.2 Å². The molecule has 2 nitrogen and oxygen atoms in total. The Balaban J connectivity index is 2.62. The minimum Gasteiger partial charge on any atom is -0.313 e. The first-order chi connectivity index (χ1) is 3.86. The van der Waals surface area contributed by atoms with Crippen LogP contribution in [-0.2, 0) is 0 Å². The molecule has 1 N–H and O–H groups in total. The van der Waals surface area contributed by atoms with Gasteiger partial charge in [0.05, 0.1) is 0 Å². The van der Waals surface area contributed by atoms with Crippen LogP contribution in [0, 0.1) is 0 Å². The van der Waals surface area contributed by atoms with E-state index >= 15 is 0 Å². The van der Waals surface area contributed by atoms with E-state index in [1.54, 1.807) is 0 Å². The quantitative estimate of drug-likeness (QED) is 0.537. The standard InChI is InChI=1S/C7H15NO/c1-6(2)5-7(3,4)8(6)9/h9H,5H2,1-4H3. The average molecular weight is 129 g/mol. The summed E-state index contributed by atoms with van der Waals surface area (Å²) in [4.78, 5) is 0. The van der Waals surface area contributed by atoms with Crippen LogP contribution in [0.2, 0.25) is 0 Å². The van der Waals surface area contributed by atoms with Gasteiger partial charge in [-0.2, -0.15) is 5.06 Å². The van der Waals surface area contributed by atoms with E-state index in [9.17, 15) is 5.21 Å². The van der Waals surface area contributed by atoms with Crippen molar-refractivity contribution in [3.63, 3.8) is 0 Å². The second kappa shape index (κ2) is 1.50. The Morgan fingerprint density at radius 1 is 1.11 bits per heavy atom. The third-order valence-corrected chi connectivity index (χ3v) is 2.01. The van der Waals surface area contributed by atoms with Gasteiger partial charge in [0.1, 0.15) is 0 Å². The third kappa shape index (κ3) is 0.864. The van der Waals surface area contributed by atoms with Gasteiger partial charge in [0, 0.05) is 11.1 Å². The molecule has 9 heavy (non-hydrogen) atoms. The normalized spacial score (nSPS) is 31.7. The summed E-state index contributed by atoms with van der Waals surface area (Å²) in [7, 11) is 0. The van der Waals surface area contributed by atoms with Gasteiger partial charge in [0.2, 0.25) is 0 Å². The van der Waals surface area contributed by atoms with Gasteiger partial charge in [-0.3, -0.25) is 0 Å². The van der Waals surface area contributed by atoms with Gasteiger partial charge >= 0.3 is 0 Å². The van der Waals surface area contributed by atoms with Crippen LogP contribution < -0.4 is 0 Å². The number of hydroxylamine groups is 2. The van der Waals surface area contributed by atoms with E-state index in [2.05, 4.69) is 0 Å². The summed E-state index contributed by atoms with van der Waals surface area (Å²) < 4.78 is 0. The smallest absolute Gasteiger partial charge is 0.0428 e. The molecule has 1 rings (SSSR count). The van der Waals surface area contributed by atoms with Crippen molar-refractivity contribution < 1.29 is 5.21 Å². The molecule has 0 spiro atoms. The summed E-state index contributed by atoms with van der Waals surface area (Å²) in [5, 5.41) is 10.8. The van der Waals surface area contributed by atoms with E-state index in [4.69, 9.17) is 0 Å². The summed E-state index contributed by atoms with van der Waals surface area (Å²) in [5.74, 6) is 0. The van der Waals surface area contributed by atoms with Gasteiger partial charge in [0.25, 0.3) is 0 Å². The lowest BCUT2D eigenvalue weighted by atomic mass is 9.75. The van der Waals surface area contributed by atoms with Gasteiger partial charge in [-0.15, -0.1) is 0 Å². The molecule has 0 unspecified atom stereocenters. The molecule has 0 aromatic heterocycles. The van der Waals surface area contributed by atoms with Crippen LogP contribution >= 0.6 is 0 Å². The van der Waals surface area contributed by atoms with Crippen LogP contribution in [0.25, 0.3) is 0 Å². The predicted octanol–water partition coefficient (Wildman–Crippen LogP) is 1.64. The molecule has 2 heteroatoms. The predicted molar refractivity (Wildman–Crippen MR) is 36.4 cm³/mol. The molecule has 1 aliphatic heterocycles. The topological polar surface area (TPSA) is 23.5 Å². The molecule has 0 bridgehead atoms. The molecular weight excluding hydrogens is 114 g/mol. The average Bonchev–Trinajstić information content (AvgIpc) is 1.63. The summed E-state index contributed by atoms with van der Waals surface area (Å²) in [6, 6.07) is 0. The fourth-order valence-corrected chi connectivity index (χ4v) is 1.94. The molecule has 0 aliphatic carbocycles. The van der Waals surface area contributed by atoms with E-state index in [1.165, 1.54) is 5.06 Å². The molecule has 0 radical (unpaired) electrons. The molecule has 1 heterocycles. The molecule has 1 aliphatic rings. The summed E-state index contributed by atoms with van der Waals surface area (Å²) >= 11 is 0. The van der Waals surface area contributed by atoms with E-state index in [1.807, 2.05) is 27.7 Å². The summed E-state index contributed by atoms with van der Waals surface area (Å²) in [6.45, 7) is 8.16. The zero-order valence-electron chi connectivity index (χ0n) is 6.60. The van der Waals surface area contributed by atoms with Crippen LogP contribution in [0.4, 0.5) is 0 Å². The maximum atomic E-state index is 9.34. The molecule has 0 amide bonds. The second-order valence-electron chi connectivity index (χ2n) is 4.11. The third-order valence-electron chi connectivity index (χ3n) is 2.01. The van der Waals surface area contributed by atoms with Crippen LogP contribution in [-0.4, -0.2) is 21.3 Å². The number of rotatable bonds is 0. The van der Waals surface area contributed by atoms with Crippen molar-refractivity contribution in [3.8, 4) is 0 Å². The van der Waals surface area contributed by atoms with Crippen molar-refractivity contribution in [3.05, 3.63) is 0 Å². The van der Waals surface area contributed by atoms with Crippen molar-refractivity contribution in [1.29, 1.82) is 0 Å². The molecule has 0 saturated carbocycles. The lowest BCUT2D eigenvalue weighted by molar-refractivity contribution is -0.298. The molecule has 54 valence electrons. The summed E-state index contributed by atoms with van der Waals surface area (Å²) in [6.07, 6.45) is 1.07. The van der Waals surface area contributed by atoms with Gasteiger partial charge in [-0.25, -0.2) is 0 Å².